The lowest BCUT2D eigenvalue weighted by atomic mass is 10.1. The molecule has 0 aliphatic rings. The van der Waals surface area contributed by atoms with E-state index in [1.807, 2.05) is 54.6 Å². The van der Waals surface area contributed by atoms with Gasteiger partial charge in [0.15, 0.2) is 11.5 Å². The molecule has 0 amide bonds. The SMILES string of the molecule is COc1cc(COCC(O)Cn2c(Cc3ccccc3)nc3ccccc32)cc(OC)c1OC. The first-order chi connectivity index (χ1) is 16.6. The van der Waals surface area contributed by atoms with Crippen molar-refractivity contribution in [2.24, 2.45) is 0 Å². The van der Waals surface area contributed by atoms with Crippen molar-refractivity contribution in [1.29, 1.82) is 0 Å². The molecule has 0 aliphatic carbocycles. The number of hydrogen-bond donors (Lipinski definition) is 1. The predicted octanol–water partition coefficient (Wildman–Crippen LogP) is 4.23. The van der Waals surface area contributed by atoms with Gasteiger partial charge in [0.05, 0.1) is 58.2 Å². The van der Waals surface area contributed by atoms with Gasteiger partial charge in [-0.1, -0.05) is 42.5 Å². The Bertz CT molecular complexity index is 1200. The number of ether oxygens (including phenoxy) is 4. The molecule has 1 aromatic heterocycles. The Morgan fingerprint density at radius 1 is 0.853 bits per heavy atom. The van der Waals surface area contributed by atoms with E-state index in [0.717, 1.165) is 22.4 Å². The molecule has 0 spiro atoms. The minimum Gasteiger partial charge on any atom is -0.493 e. The van der Waals surface area contributed by atoms with E-state index in [1.165, 1.54) is 5.56 Å². The zero-order valence-corrected chi connectivity index (χ0v) is 19.7. The molecular formula is C27H30N2O5. The minimum atomic E-state index is -0.700. The summed E-state index contributed by atoms with van der Waals surface area (Å²) in [6.45, 7) is 0.862. The standard InChI is InChI=1S/C27H30N2O5/c1-31-24-13-20(14-25(32-2)27(24)33-3)17-34-18-21(30)16-29-23-12-8-7-11-22(23)28-26(29)15-19-9-5-4-6-10-19/h4-14,21,30H,15-18H2,1-3H3. The Hall–Kier alpha value is -3.55. The zero-order chi connectivity index (χ0) is 23.9. The fourth-order valence-electron chi connectivity index (χ4n) is 4.04. The van der Waals surface area contributed by atoms with Gasteiger partial charge in [-0.3, -0.25) is 0 Å². The summed E-state index contributed by atoms with van der Waals surface area (Å²) in [5.41, 5.74) is 3.95. The van der Waals surface area contributed by atoms with Crippen LogP contribution in [-0.4, -0.2) is 48.7 Å². The minimum absolute atomic E-state index is 0.175. The molecule has 7 heteroatoms. The Kier molecular flexibility index (Phi) is 7.67. The van der Waals surface area contributed by atoms with Gasteiger partial charge in [-0.25, -0.2) is 4.98 Å². The monoisotopic (exact) mass is 462 g/mol. The summed E-state index contributed by atoms with van der Waals surface area (Å²) in [5.74, 6) is 2.58. The van der Waals surface area contributed by atoms with Crippen LogP contribution < -0.4 is 14.2 Å². The number of para-hydroxylation sites is 2. The van der Waals surface area contributed by atoms with Gasteiger partial charge >= 0.3 is 0 Å². The molecular weight excluding hydrogens is 432 g/mol. The first-order valence-corrected chi connectivity index (χ1v) is 11.2. The van der Waals surface area contributed by atoms with Crippen LogP contribution in [-0.2, 0) is 24.3 Å². The van der Waals surface area contributed by atoms with Crippen LogP contribution in [0.15, 0.2) is 66.7 Å². The predicted molar refractivity (Wildman–Crippen MR) is 131 cm³/mol. The van der Waals surface area contributed by atoms with Gasteiger partial charge in [0.2, 0.25) is 5.75 Å². The van der Waals surface area contributed by atoms with Gasteiger partial charge in [0.1, 0.15) is 5.82 Å². The number of benzene rings is 3. The average Bonchev–Trinajstić information content (AvgIpc) is 3.20. The normalized spacial score (nSPS) is 12.0. The highest BCUT2D eigenvalue weighted by molar-refractivity contribution is 5.76. The molecule has 3 aromatic carbocycles. The fraction of sp³-hybridized carbons (Fsp3) is 0.296. The number of aliphatic hydroxyl groups excluding tert-OH is 1. The van der Waals surface area contributed by atoms with Gasteiger partial charge < -0.3 is 28.6 Å². The third-order valence-electron chi connectivity index (χ3n) is 5.64. The van der Waals surface area contributed by atoms with E-state index in [4.69, 9.17) is 23.9 Å². The van der Waals surface area contributed by atoms with Crippen LogP contribution in [0.3, 0.4) is 0 Å². The third-order valence-corrected chi connectivity index (χ3v) is 5.64. The van der Waals surface area contributed by atoms with Gasteiger partial charge in [0, 0.05) is 6.42 Å². The smallest absolute Gasteiger partial charge is 0.203 e. The zero-order valence-electron chi connectivity index (χ0n) is 19.7. The Balaban J connectivity index is 1.45. The van der Waals surface area contributed by atoms with Crippen molar-refractivity contribution in [3.63, 3.8) is 0 Å². The molecule has 34 heavy (non-hydrogen) atoms. The summed E-state index contributed by atoms with van der Waals surface area (Å²) in [5, 5.41) is 10.8. The summed E-state index contributed by atoms with van der Waals surface area (Å²) in [4.78, 5) is 4.81. The van der Waals surface area contributed by atoms with Crippen molar-refractivity contribution in [2.75, 3.05) is 27.9 Å². The molecule has 4 aromatic rings. The quantitative estimate of drug-likeness (QED) is 0.360. The molecule has 0 saturated heterocycles. The number of aromatic nitrogens is 2. The van der Waals surface area contributed by atoms with E-state index in [9.17, 15) is 5.11 Å². The fourth-order valence-corrected chi connectivity index (χ4v) is 4.04. The molecule has 0 radical (unpaired) electrons. The van der Waals surface area contributed by atoms with E-state index in [-0.39, 0.29) is 6.61 Å². The summed E-state index contributed by atoms with van der Waals surface area (Å²) < 4.78 is 24.1. The Morgan fingerprint density at radius 2 is 1.53 bits per heavy atom. The molecule has 7 nitrogen and oxygen atoms in total. The molecule has 0 fully saturated rings. The number of rotatable bonds is 11. The maximum absolute atomic E-state index is 10.8. The van der Waals surface area contributed by atoms with Crippen LogP contribution in [0, 0.1) is 0 Å². The maximum atomic E-state index is 10.8. The lowest BCUT2D eigenvalue weighted by Crippen LogP contribution is -2.23. The third kappa shape index (κ3) is 5.32. The molecule has 1 N–H and O–H groups in total. The summed E-state index contributed by atoms with van der Waals surface area (Å²) in [6, 6.07) is 21.9. The number of hydrogen-bond acceptors (Lipinski definition) is 6. The van der Waals surface area contributed by atoms with Crippen LogP contribution in [0.4, 0.5) is 0 Å². The molecule has 0 saturated carbocycles. The van der Waals surface area contributed by atoms with Gasteiger partial charge in [-0.15, -0.1) is 0 Å². The van der Waals surface area contributed by atoms with E-state index in [0.29, 0.717) is 36.8 Å². The molecule has 1 heterocycles. The van der Waals surface area contributed by atoms with E-state index in [2.05, 4.69) is 16.7 Å². The second kappa shape index (κ2) is 11.0. The summed E-state index contributed by atoms with van der Waals surface area (Å²) in [7, 11) is 4.72. The lowest BCUT2D eigenvalue weighted by molar-refractivity contribution is 0.0204. The van der Waals surface area contributed by atoms with Gasteiger partial charge in [0.25, 0.3) is 0 Å². The summed E-state index contributed by atoms with van der Waals surface area (Å²) >= 11 is 0. The number of methoxy groups -OCH3 is 3. The van der Waals surface area contributed by atoms with Crippen LogP contribution in [0.5, 0.6) is 17.2 Å². The van der Waals surface area contributed by atoms with E-state index < -0.39 is 6.10 Å². The second-order valence-corrected chi connectivity index (χ2v) is 7.99. The van der Waals surface area contributed by atoms with Crippen LogP contribution >= 0.6 is 0 Å². The van der Waals surface area contributed by atoms with Crippen molar-refractivity contribution in [3.8, 4) is 17.2 Å². The van der Waals surface area contributed by atoms with E-state index in [1.54, 1.807) is 21.3 Å². The van der Waals surface area contributed by atoms with Crippen LogP contribution in [0.2, 0.25) is 0 Å². The highest BCUT2D eigenvalue weighted by Crippen LogP contribution is 2.38. The van der Waals surface area contributed by atoms with Crippen LogP contribution in [0.1, 0.15) is 17.0 Å². The van der Waals surface area contributed by atoms with Crippen molar-refractivity contribution in [2.45, 2.75) is 25.7 Å². The highest BCUT2D eigenvalue weighted by atomic mass is 16.5. The van der Waals surface area contributed by atoms with Crippen molar-refractivity contribution >= 4 is 11.0 Å². The van der Waals surface area contributed by atoms with Gasteiger partial charge in [-0.2, -0.15) is 0 Å². The number of imidazole rings is 1. The number of nitrogens with zero attached hydrogens (tertiary/aromatic N) is 2. The average molecular weight is 463 g/mol. The molecule has 0 bridgehead atoms. The first kappa shape index (κ1) is 23.6. The Morgan fingerprint density at radius 3 is 2.21 bits per heavy atom. The van der Waals surface area contributed by atoms with Gasteiger partial charge in [-0.05, 0) is 35.4 Å². The molecule has 1 unspecified atom stereocenters. The molecule has 0 aliphatic heterocycles. The number of aliphatic hydroxyl groups is 1. The van der Waals surface area contributed by atoms with Crippen molar-refractivity contribution < 1.29 is 24.1 Å². The van der Waals surface area contributed by atoms with Crippen molar-refractivity contribution in [1.82, 2.24) is 9.55 Å². The Labute approximate surface area is 199 Å². The van der Waals surface area contributed by atoms with Crippen LogP contribution in [0.25, 0.3) is 11.0 Å². The van der Waals surface area contributed by atoms with E-state index >= 15 is 0 Å². The second-order valence-electron chi connectivity index (χ2n) is 7.99. The molecule has 4 rings (SSSR count). The lowest BCUT2D eigenvalue weighted by Gasteiger charge is -2.17. The highest BCUT2D eigenvalue weighted by Gasteiger charge is 2.16. The topological polar surface area (TPSA) is 75.0 Å². The first-order valence-electron chi connectivity index (χ1n) is 11.2. The largest absolute Gasteiger partial charge is 0.493 e. The molecule has 178 valence electrons. The maximum Gasteiger partial charge on any atom is 0.203 e. The summed E-state index contributed by atoms with van der Waals surface area (Å²) in [6.07, 6.45) is -0.0108. The number of fused-ring (bicyclic) bond motifs is 1. The molecule has 1 atom stereocenters. The van der Waals surface area contributed by atoms with Crippen molar-refractivity contribution in [3.05, 3.63) is 83.7 Å².